The number of ether oxygens (including phenoxy) is 2. The Morgan fingerprint density at radius 2 is 1.61 bits per heavy atom. The molecule has 0 fully saturated rings. The quantitative estimate of drug-likeness (QED) is 0.289. The number of rotatable bonds is 8. The van der Waals surface area contributed by atoms with Crippen LogP contribution in [0.3, 0.4) is 0 Å². The van der Waals surface area contributed by atoms with Crippen molar-refractivity contribution < 1.29 is 22.7 Å². The summed E-state index contributed by atoms with van der Waals surface area (Å²) in [5.41, 5.74) is 2.03. The molecular formula is C27H29Cl2NO5S. The average Bonchev–Trinajstić information content (AvgIpc) is 2.81. The zero-order valence-electron chi connectivity index (χ0n) is 20.8. The molecule has 0 aromatic heterocycles. The fraction of sp³-hybridized carbons (Fsp3) is 0.296. The molecule has 0 aliphatic carbocycles. The number of nitrogens with zero attached hydrogens (tertiary/aromatic N) is 1. The van der Waals surface area contributed by atoms with E-state index in [9.17, 15) is 13.2 Å². The van der Waals surface area contributed by atoms with Crippen molar-refractivity contribution in [2.45, 2.75) is 51.3 Å². The third-order valence-corrected chi connectivity index (χ3v) is 7.75. The summed E-state index contributed by atoms with van der Waals surface area (Å²) in [6.07, 6.45) is 0. The van der Waals surface area contributed by atoms with Crippen molar-refractivity contribution in [2.75, 3.05) is 11.4 Å². The van der Waals surface area contributed by atoms with Gasteiger partial charge in [0.2, 0.25) is 0 Å². The van der Waals surface area contributed by atoms with Crippen LogP contribution in [0.4, 0.5) is 5.69 Å². The number of hydrogen-bond acceptors (Lipinski definition) is 5. The van der Waals surface area contributed by atoms with Crippen LogP contribution in [-0.4, -0.2) is 27.1 Å². The Labute approximate surface area is 222 Å². The first-order valence-electron chi connectivity index (χ1n) is 11.2. The van der Waals surface area contributed by atoms with Crippen molar-refractivity contribution in [1.82, 2.24) is 0 Å². The van der Waals surface area contributed by atoms with Gasteiger partial charge in [0.25, 0.3) is 10.0 Å². The summed E-state index contributed by atoms with van der Waals surface area (Å²) in [6.45, 7) is 7.74. The van der Waals surface area contributed by atoms with Crippen LogP contribution >= 0.6 is 23.2 Å². The molecule has 0 atom stereocenters. The van der Waals surface area contributed by atoms with Crippen LogP contribution in [0.5, 0.6) is 0 Å². The topological polar surface area (TPSA) is 72.9 Å². The molecule has 0 N–H and O–H groups in total. The van der Waals surface area contributed by atoms with E-state index in [4.69, 9.17) is 32.7 Å². The van der Waals surface area contributed by atoms with Gasteiger partial charge in [-0.3, -0.25) is 4.31 Å². The fourth-order valence-electron chi connectivity index (χ4n) is 3.53. The third-order valence-electron chi connectivity index (χ3n) is 5.29. The number of sulfonamides is 1. The van der Waals surface area contributed by atoms with Crippen LogP contribution in [0.25, 0.3) is 0 Å². The van der Waals surface area contributed by atoms with E-state index in [1.165, 1.54) is 17.5 Å². The summed E-state index contributed by atoms with van der Waals surface area (Å²) in [5, 5.41) is 0.658. The lowest BCUT2D eigenvalue weighted by atomic mass is 10.1. The van der Waals surface area contributed by atoms with Crippen molar-refractivity contribution in [1.29, 1.82) is 0 Å². The monoisotopic (exact) mass is 549 g/mol. The molecule has 0 saturated carbocycles. The minimum absolute atomic E-state index is 0.0849. The number of anilines is 1. The molecule has 0 unspecified atom stereocenters. The second kappa shape index (κ2) is 11.2. The summed E-state index contributed by atoms with van der Waals surface area (Å²) < 4.78 is 40.1. The van der Waals surface area contributed by atoms with Gasteiger partial charge >= 0.3 is 5.97 Å². The lowest BCUT2D eigenvalue weighted by Gasteiger charge is -2.26. The van der Waals surface area contributed by atoms with Gasteiger partial charge in [0, 0.05) is 15.6 Å². The molecular weight excluding hydrogens is 521 g/mol. The van der Waals surface area contributed by atoms with Crippen molar-refractivity contribution in [2.24, 2.45) is 0 Å². The second-order valence-corrected chi connectivity index (χ2v) is 12.0. The van der Waals surface area contributed by atoms with Crippen molar-refractivity contribution in [3.05, 3.63) is 93.0 Å². The van der Waals surface area contributed by atoms with Gasteiger partial charge in [0.15, 0.2) is 0 Å². The van der Waals surface area contributed by atoms with Crippen molar-refractivity contribution >= 4 is 44.9 Å². The van der Waals surface area contributed by atoms with Gasteiger partial charge in [-0.05, 0) is 81.3 Å². The highest BCUT2D eigenvalue weighted by atomic mass is 35.5. The first kappa shape index (κ1) is 28.0. The fourth-order valence-corrected chi connectivity index (χ4v) is 5.63. The molecule has 0 heterocycles. The number of carbonyl (C=O) groups excluding carboxylic acids is 1. The molecule has 0 spiro atoms. The molecule has 3 aromatic carbocycles. The standard InChI is InChI=1S/C27H29Cl2NO5S/c1-18-12-19(17-35-27(2,3)4)14-22(13-18)36(32,33)30(16-23-24(28)10-7-11-25(23)29)21-9-6-8-20(15-21)26(31)34-5/h6-15H,16-17H2,1-5H3. The molecule has 0 aliphatic heterocycles. The van der Waals surface area contributed by atoms with Gasteiger partial charge in [-0.2, -0.15) is 0 Å². The summed E-state index contributed by atoms with van der Waals surface area (Å²) in [6, 6.07) is 16.3. The molecule has 36 heavy (non-hydrogen) atoms. The van der Waals surface area contributed by atoms with Crippen LogP contribution in [0.15, 0.2) is 65.6 Å². The van der Waals surface area contributed by atoms with E-state index in [1.54, 1.807) is 48.5 Å². The molecule has 0 aliphatic rings. The predicted octanol–water partition coefficient (Wildman–Crippen LogP) is 6.80. The summed E-state index contributed by atoms with van der Waals surface area (Å²) in [4.78, 5) is 12.3. The highest BCUT2D eigenvalue weighted by Crippen LogP contribution is 2.33. The molecule has 0 saturated heterocycles. The van der Waals surface area contributed by atoms with Crippen LogP contribution in [0.2, 0.25) is 10.0 Å². The van der Waals surface area contributed by atoms with Gasteiger partial charge in [-0.15, -0.1) is 0 Å². The average molecular weight is 551 g/mol. The number of hydrogen-bond donors (Lipinski definition) is 0. The number of methoxy groups -OCH3 is 1. The SMILES string of the molecule is COC(=O)c1cccc(N(Cc2c(Cl)cccc2Cl)S(=O)(=O)c2cc(C)cc(COC(C)(C)C)c2)c1. The Morgan fingerprint density at radius 1 is 0.972 bits per heavy atom. The number of carbonyl (C=O) groups is 1. The minimum atomic E-state index is -4.13. The second-order valence-electron chi connectivity index (χ2n) is 9.31. The van der Waals surface area contributed by atoms with Gasteiger partial charge in [0.1, 0.15) is 0 Å². The third kappa shape index (κ3) is 6.79. The van der Waals surface area contributed by atoms with Gasteiger partial charge in [-0.25, -0.2) is 13.2 Å². The molecule has 192 valence electrons. The molecule has 6 nitrogen and oxygen atoms in total. The van der Waals surface area contributed by atoms with E-state index in [-0.39, 0.29) is 34.9 Å². The Balaban J connectivity index is 2.15. The maximum absolute atomic E-state index is 14.1. The number of benzene rings is 3. The maximum atomic E-state index is 14.1. The smallest absolute Gasteiger partial charge is 0.337 e. The number of aryl methyl sites for hydroxylation is 1. The molecule has 3 rings (SSSR count). The lowest BCUT2D eigenvalue weighted by Crippen LogP contribution is -2.31. The van der Waals surface area contributed by atoms with Crippen molar-refractivity contribution in [3.63, 3.8) is 0 Å². The van der Waals surface area contributed by atoms with E-state index < -0.39 is 16.0 Å². The highest BCUT2D eigenvalue weighted by molar-refractivity contribution is 7.92. The van der Waals surface area contributed by atoms with E-state index >= 15 is 0 Å². The summed E-state index contributed by atoms with van der Waals surface area (Å²) in [7, 11) is -2.86. The van der Waals surface area contributed by atoms with Crippen LogP contribution in [0, 0.1) is 6.92 Å². The molecule has 0 bridgehead atoms. The summed E-state index contributed by atoms with van der Waals surface area (Å²) in [5.74, 6) is -0.581. The van der Waals surface area contributed by atoms with Crippen molar-refractivity contribution in [3.8, 4) is 0 Å². The number of halogens is 2. The first-order chi connectivity index (χ1) is 16.8. The van der Waals surface area contributed by atoms with Gasteiger partial charge in [-0.1, -0.05) is 41.4 Å². The molecule has 3 aromatic rings. The van der Waals surface area contributed by atoms with Gasteiger partial charge in [0.05, 0.1) is 42.0 Å². The first-order valence-corrected chi connectivity index (χ1v) is 13.4. The van der Waals surface area contributed by atoms with E-state index in [1.807, 2.05) is 33.8 Å². The molecule has 0 amide bonds. The normalized spacial score (nSPS) is 11.9. The zero-order valence-corrected chi connectivity index (χ0v) is 23.2. The maximum Gasteiger partial charge on any atom is 0.337 e. The van der Waals surface area contributed by atoms with E-state index in [0.717, 1.165) is 11.1 Å². The Hall–Kier alpha value is -2.58. The van der Waals surface area contributed by atoms with E-state index in [2.05, 4.69) is 0 Å². The predicted molar refractivity (Wildman–Crippen MR) is 143 cm³/mol. The van der Waals surface area contributed by atoms with E-state index in [0.29, 0.717) is 15.6 Å². The van der Waals surface area contributed by atoms with Crippen LogP contribution in [-0.2, 0) is 32.6 Å². The molecule has 0 radical (unpaired) electrons. The largest absolute Gasteiger partial charge is 0.465 e. The molecule has 9 heteroatoms. The van der Waals surface area contributed by atoms with Crippen LogP contribution in [0.1, 0.15) is 47.8 Å². The summed E-state index contributed by atoms with van der Waals surface area (Å²) >= 11 is 12.8. The zero-order chi connectivity index (χ0) is 26.7. The highest BCUT2D eigenvalue weighted by Gasteiger charge is 2.28. The number of esters is 1. The minimum Gasteiger partial charge on any atom is -0.465 e. The Morgan fingerprint density at radius 3 is 2.22 bits per heavy atom. The Kier molecular flexibility index (Phi) is 8.72. The Bertz CT molecular complexity index is 1350. The van der Waals surface area contributed by atoms with Crippen LogP contribution < -0.4 is 4.31 Å². The lowest BCUT2D eigenvalue weighted by molar-refractivity contribution is -0.0150. The van der Waals surface area contributed by atoms with Gasteiger partial charge < -0.3 is 9.47 Å².